The Morgan fingerprint density at radius 3 is 2.56 bits per heavy atom. The molecule has 16 heavy (non-hydrogen) atoms. The number of benzene rings is 1. The van der Waals surface area contributed by atoms with Crippen LogP contribution in [0.15, 0.2) is 24.3 Å². The van der Waals surface area contributed by atoms with Crippen LogP contribution >= 0.6 is 12.2 Å². The molecule has 1 nitrogen and oxygen atoms in total. The molecule has 0 amide bonds. The molecule has 1 saturated carbocycles. The molecule has 0 aromatic heterocycles. The molecule has 1 fully saturated rings. The second kappa shape index (κ2) is 5.59. The van der Waals surface area contributed by atoms with Crippen molar-refractivity contribution in [1.82, 2.24) is 0 Å². The van der Waals surface area contributed by atoms with E-state index in [4.69, 9.17) is 16.6 Å². The zero-order valence-electron chi connectivity index (χ0n) is 9.74. The molecular weight excluding hydrogens is 232 g/mol. The molecule has 1 aromatic carbocycles. The number of rotatable bonds is 2. The van der Waals surface area contributed by atoms with Crippen LogP contribution in [-0.2, 0) is 4.43 Å². The molecule has 0 heterocycles. The summed E-state index contributed by atoms with van der Waals surface area (Å²) in [6.45, 7) is 0. The maximum atomic E-state index is 5.34. The molecule has 0 unspecified atom stereocenters. The van der Waals surface area contributed by atoms with Crippen LogP contribution in [-0.4, -0.2) is 15.5 Å². The van der Waals surface area contributed by atoms with Gasteiger partial charge in [0, 0.05) is 5.56 Å². The third-order valence-electron chi connectivity index (χ3n) is 3.41. The lowest BCUT2D eigenvalue weighted by atomic mass is 9.82. The van der Waals surface area contributed by atoms with E-state index in [1.54, 1.807) is 0 Å². The molecule has 0 spiro atoms. The Balaban J connectivity index is 2.28. The van der Waals surface area contributed by atoms with Gasteiger partial charge in [-0.2, -0.15) is 0 Å². The first-order valence-electron chi connectivity index (χ1n) is 6.00. The van der Waals surface area contributed by atoms with E-state index in [1.165, 1.54) is 37.7 Å². The van der Waals surface area contributed by atoms with Crippen molar-refractivity contribution in [1.29, 1.82) is 0 Å². The molecule has 0 bridgehead atoms. The molecule has 2 rings (SSSR count). The van der Waals surface area contributed by atoms with E-state index in [1.807, 2.05) is 0 Å². The summed E-state index contributed by atoms with van der Waals surface area (Å²) in [5.74, 6) is 0.694. The molecule has 3 heteroatoms. The summed E-state index contributed by atoms with van der Waals surface area (Å²) < 4.78 is 5.34. The summed E-state index contributed by atoms with van der Waals surface area (Å²) in [6, 6.07) is 8.49. The SMILES string of the molecule is [SiH3]OC(=S)c1ccccc1C1CCCCC1. The van der Waals surface area contributed by atoms with Crippen molar-refractivity contribution in [2.75, 3.05) is 0 Å². The Bertz CT molecular complexity index is 372. The van der Waals surface area contributed by atoms with Crippen LogP contribution in [0.25, 0.3) is 0 Å². The third kappa shape index (κ3) is 2.52. The second-order valence-electron chi connectivity index (χ2n) is 4.41. The summed E-state index contributed by atoms with van der Waals surface area (Å²) in [6.07, 6.45) is 6.71. The number of hydrogen-bond donors (Lipinski definition) is 0. The maximum absolute atomic E-state index is 5.34. The normalized spacial score (nSPS) is 17.2. The lowest BCUT2D eigenvalue weighted by Gasteiger charge is -2.24. The third-order valence-corrected chi connectivity index (χ3v) is 4.50. The summed E-state index contributed by atoms with van der Waals surface area (Å²) in [5.41, 5.74) is 2.56. The van der Waals surface area contributed by atoms with Gasteiger partial charge in [-0.3, -0.25) is 0 Å². The minimum Gasteiger partial charge on any atom is -0.545 e. The lowest BCUT2D eigenvalue weighted by molar-refractivity contribution is 0.442. The van der Waals surface area contributed by atoms with Gasteiger partial charge >= 0.3 is 0 Å². The van der Waals surface area contributed by atoms with Gasteiger partial charge < -0.3 is 4.43 Å². The average Bonchev–Trinajstić information content (AvgIpc) is 2.39. The zero-order valence-corrected chi connectivity index (χ0v) is 12.6. The lowest BCUT2D eigenvalue weighted by Crippen LogP contribution is -2.11. The Hall–Kier alpha value is -0.673. The molecule has 1 aliphatic rings. The van der Waals surface area contributed by atoms with Gasteiger partial charge in [-0.05, 0) is 36.5 Å². The quantitative estimate of drug-likeness (QED) is 0.589. The fraction of sp³-hybridized carbons (Fsp3) is 0.462. The van der Waals surface area contributed by atoms with Crippen LogP contribution in [0.4, 0.5) is 0 Å². The summed E-state index contributed by atoms with van der Waals surface area (Å²) >= 11 is 5.29. The Morgan fingerprint density at radius 1 is 1.19 bits per heavy atom. The first-order valence-corrected chi connectivity index (χ1v) is 7.22. The molecule has 0 atom stereocenters. The molecular formula is C13H18OSSi. The molecule has 86 valence electrons. The Morgan fingerprint density at radius 2 is 1.88 bits per heavy atom. The summed E-state index contributed by atoms with van der Waals surface area (Å²) in [7, 11) is 0.678. The van der Waals surface area contributed by atoms with E-state index in [-0.39, 0.29) is 0 Å². The van der Waals surface area contributed by atoms with Crippen molar-refractivity contribution in [3.05, 3.63) is 35.4 Å². The topological polar surface area (TPSA) is 9.23 Å². The van der Waals surface area contributed by atoms with E-state index < -0.39 is 0 Å². The highest BCUT2D eigenvalue weighted by Crippen LogP contribution is 2.34. The first kappa shape index (κ1) is 11.8. The van der Waals surface area contributed by atoms with E-state index >= 15 is 0 Å². The molecule has 0 radical (unpaired) electrons. The minimum atomic E-state index is 0.678. The zero-order chi connectivity index (χ0) is 11.4. The van der Waals surface area contributed by atoms with Gasteiger partial charge in [0.15, 0.2) is 5.05 Å². The van der Waals surface area contributed by atoms with Crippen molar-refractivity contribution in [2.24, 2.45) is 0 Å². The van der Waals surface area contributed by atoms with Crippen LogP contribution in [0, 0.1) is 0 Å². The van der Waals surface area contributed by atoms with Crippen LogP contribution in [0.1, 0.15) is 49.1 Å². The van der Waals surface area contributed by atoms with Crippen LogP contribution in [0.3, 0.4) is 0 Å². The van der Waals surface area contributed by atoms with Crippen molar-refractivity contribution in [3.8, 4) is 0 Å². The monoisotopic (exact) mass is 250 g/mol. The molecule has 0 N–H and O–H groups in total. The smallest absolute Gasteiger partial charge is 0.205 e. The predicted molar refractivity (Wildman–Crippen MR) is 75.0 cm³/mol. The Labute approximate surface area is 106 Å². The van der Waals surface area contributed by atoms with E-state index in [9.17, 15) is 0 Å². The standard InChI is InChI=1S/C13H18OSSi/c15-13(14-16)12-9-5-4-8-11(12)10-6-2-1-3-7-10/h4-5,8-10H,1-3,6-7H2,16H3. The highest BCUT2D eigenvalue weighted by atomic mass is 32.1. The molecule has 0 aliphatic heterocycles. The maximum Gasteiger partial charge on any atom is 0.205 e. The van der Waals surface area contributed by atoms with Gasteiger partial charge in [-0.1, -0.05) is 43.5 Å². The van der Waals surface area contributed by atoms with E-state index in [2.05, 4.69) is 24.3 Å². The van der Waals surface area contributed by atoms with Gasteiger partial charge in [-0.15, -0.1) is 0 Å². The second-order valence-corrected chi connectivity index (χ2v) is 5.19. The first-order chi connectivity index (χ1) is 7.83. The van der Waals surface area contributed by atoms with Crippen LogP contribution < -0.4 is 0 Å². The van der Waals surface area contributed by atoms with Crippen molar-refractivity contribution in [3.63, 3.8) is 0 Å². The van der Waals surface area contributed by atoms with Gasteiger partial charge in [-0.25, -0.2) is 0 Å². The molecule has 1 aliphatic carbocycles. The van der Waals surface area contributed by atoms with Crippen LogP contribution in [0.5, 0.6) is 0 Å². The van der Waals surface area contributed by atoms with Gasteiger partial charge in [0.25, 0.3) is 0 Å². The van der Waals surface area contributed by atoms with E-state index in [0.717, 1.165) is 5.56 Å². The highest BCUT2D eigenvalue weighted by molar-refractivity contribution is 7.80. The minimum absolute atomic E-state index is 0.678. The fourth-order valence-electron chi connectivity index (χ4n) is 2.56. The van der Waals surface area contributed by atoms with Crippen molar-refractivity contribution >= 4 is 27.8 Å². The van der Waals surface area contributed by atoms with Crippen LogP contribution in [0.2, 0.25) is 0 Å². The number of thiocarbonyl (C=S) groups is 1. The van der Waals surface area contributed by atoms with E-state index in [0.29, 0.717) is 21.5 Å². The van der Waals surface area contributed by atoms with Gasteiger partial charge in [0.1, 0.15) is 0 Å². The molecule has 0 saturated heterocycles. The largest absolute Gasteiger partial charge is 0.545 e. The molecule has 1 aromatic rings. The Kier molecular flexibility index (Phi) is 4.13. The van der Waals surface area contributed by atoms with Gasteiger partial charge in [0.05, 0.1) is 0 Å². The fourth-order valence-corrected chi connectivity index (χ4v) is 2.97. The average molecular weight is 250 g/mol. The van der Waals surface area contributed by atoms with Crippen molar-refractivity contribution in [2.45, 2.75) is 38.0 Å². The van der Waals surface area contributed by atoms with Crippen molar-refractivity contribution < 1.29 is 4.43 Å². The summed E-state index contributed by atoms with van der Waals surface area (Å²) in [4.78, 5) is 0. The number of hydrogen-bond acceptors (Lipinski definition) is 2. The summed E-state index contributed by atoms with van der Waals surface area (Å²) in [5, 5.41) is 0.688. The predicted octanol–water partition coefficient (Wildman–Crippen LogP) is 2.71. The van der Waals surface area contributed by atoms with Gasteiger partial charge in [0.2, 0.25) is 10.5 Å². The highest BCUT2D eigenvalue weighted by Gasteiger charge is 2.19.